The summed E-state index contributed by atoms with van der Waals surface area (Å²) in [4.78, 5) is 0. The number of hydrogen-bond donors (Lipinski definition) is 1. The molecule has 84 valence electrons. The van der Waals surface area contributed by atoms with Crippen LogP contribution in [0.2, 0.25) is 0 Å². The SMILES string of the molecule is OC(Cc1ccc(Br)cc1)c1occc1Br. The van der Waals surface area contributed by atoms with E-state index in [2.05, 4.69) is 31.9 Å². The monoisotopic (exact) mass is 344 g/mol. The van der Waals surface area contributed by atoms with Crippen molar-refractivity contribution in [3.8, 4) is 0 Å². The van der Waals surface area contributed by atoms with Gasteiger partial charge in [-0.3, -0.25) is 0 Å². The second kappa shape index (κ2) is 5.17. The molecule has 1 aromatic heterocycles. The fourth-order valence-electron chi connectivity index (χ4n) is 1.48. The third-order valence-corrected chi connectivity index (χ3v) is 3.47. The van der Waals surface area contributed by atoms with E-state index in [1.165, 1.54) is 0 Å². The molecule has 4 heteroatoms. The van der Waals surface area contributed by atoms with Crippen LogP contribution in [0.15, 0.2) is 50.0 Å². The third kappa shape index (κ3) is 2.75. The van der Waals surface area contributed by atoms with Gasteiger partial charge in [0.05, 0.1) is 10.7 Å². The van der Waals surface area contributed by atoms with Crippen molar-refractivity contribution < 1.29 is 9.52 Å². The van der Waals surface area contributed by atoms with Crippen molar-refractivity contribution >= 4 is 31.9 Å². The van der Waals surface area contributed by atoms with Crippen LogP contribution in [0.1, 0.15) is 17.4 Å². The topological polar surface area (TPSA) is 33.4 Å². The highest BCUT2D eigenvalue weighted by Gasteiger charge is 2.15. The number of halogens is 2. The van der Waals surface area contributed by atoms with E-state index in [1.54, 1.807) is 12.3 Å². The molecule has 1 N–H and O–H groups in total. The molecule has 2 rings (SSSR count). The largest absolute Gasteiger partial charge is 0.465 e. The first-order valence-corrected chi connectivity index (χ1v) is 6.41. The van der Waals surface area contributed by atoms with Crippen LogP contribution < -0.4 is 0 Å². The summed E-state index contributed by atoms with van der Waals surface area (Å²) < 4.78 is 7.05. The maximum atomic E-state index is 9.98. The summed E-state index contributed by atoms with van der Waals surface area (Å²) >= 11 is 6.70. The Hall–Kier alpha value is -0.580. The minimum absolute atomic E-state index is 0.541. The molecular formula is C12H10Br2O2. The lowest BCUT2D eigenvalue weighted by Crippen LogP contribution is -2.00. The fraction of sp³-hybridized carbons (Fsp3) is 0.167. The number of aliphatic hydroxyl groups is 1. The molecule has 2 nitrogen and oxygen atoms in total. The van der Waals surface area contributed by atoms with Gasteiger partial charge in [0.15, 0.2) is 0 Å². The number of furan rings is 1. The van der Waals surface area contributed by atoms with Crippen LogP contribution in [0.4, 0.5) is 0 Å². The molecule has 1 atom stereocenters. The second-order valence-corrected chi connectivity index (χ2v) is 5.25. The molecule has 1 aromatic carbocycles. The summed E-state index contributed by atoms with van der Waals surface area (Å²) in [6.45, 7) is 0. The normalized spacial score (nSPS) is 12.7. The highest BCUT2D eigenvalue weighted by molar-refractivity contribution is 9.10. The first-order chi connectivity index (χ1) is 7.66. The zero-order valence-corrected chi connectivity index (χ0v) is 11.5. The summed E-state index contributed by atoms with van der Waals surface area (Å²) in [5, 5.41) is 9.98. The van der Waals surface area contributed by atoms with Gasteiger partial charge in [-0.2, -0.15) is 0 Å². The Labute approximate surface area is 111 Å². The predicted octanol–water partition coefficient (Wildman–Crippen LogP) is 4.08. The van der Waals surface area contributed by atoms with Crippen molar-refractivity contribution in [2.75, 3.05) is 0 Å². The lowest BCUT2D eigenvalue weighted by molar-refractivity contribution is 0.149. The second-order valence-electron chi connectivity index (χ2n) is 3.48. The van der Waals surface area contributed by atoms with Gasteiger partial charge in [0.1, 0.15) is 11.9 Å². The van der Waals surface area contributed by atoms with Crippen molar-refractivity contribution in [1.82, 2.24) is 0 Å². The highest BCUT2D eigenvalue weighted by Crippen LogP contribution is 2.27. The Morgan fingerprint density at radius 3 is 2.38 bits per heavy atom. The molecule has 1 unspecified atom stereocenters. The third-order valence-electron chi connectivity index (χ3n) is 2.29. The van der Waals surface area contributed by atoms with Crippen molar-refractivity contribution in [3.05, 3.63) is 56.9 Å². The van der Waals surface area contributed by atoms with Crippen LogP contribution in [0.5, 0.6) is 0 Å². The highest BCUT2D eigenvalue weighted by atomic mass is 79.9. The van der Waals surface area contributed by atoms with Crippen molar-refractivity contribution in [3.63, 3.8) is 0 Å². The molecule has 0 amide bonds. The molecule has 1 heterocycles. The van der Waals surface area contributed by atoms with Gasteiger partial charge >= 0.3 is 0 Å². The molecule has 0 bridgehead atoms. The molecule has 0 spiro atoms. The van der Waals surface area contributed by atoms with Crippen LogP contribution in [0.25, 0.3) is 0 Å². The van der Waals surface area contributed by atoms with Crippen molar-refractivity contribution in [2.24, 2.45) is 0 Å². The van der Waals surface area contributed by atoms with E-state index in [9.17, 15) is 5.11 Å². The number of aliphatic hydroxyl groups excluding tert-OH is 1. The van der Waals surface area contributed by atoms with Crippen molar-refractivity contribution in [2.45, 2.75) is 12.5 Å². The smallest absolute Gasteiger partial charge is 0.146 e. The zero-order chi connectivity index (χ0) is 11.5. The minimum Gasteiger partial charge on any atom is -0.465 e. The maximum absolute atomic E-state index is 9.98. The van der Waals surface area contributed by atoms with Crippen molar-refractivity contribution in [1.29, 1.82) is 0 Å². The molecule has 0 saturated carbocycles. The van der Waals surface area contributed by atoms with Gasteiger partial charge in [-0.25, -0.2) is 0 Å². The van der Waals surface area contributed by atoms with E-state index in [4.69, 9.17) is 4.42 Å². The summed E-state index contributed by atoms with van der Waals surface area (Å²) in [7, 11) is 0. The van der Waals surface area contributed by atoms with Gasteiger partial charge in [0, 0.05) is 10.9 Å². The van der Waals surface area contributed by atoms with E-state index in [0.29, 0.717) is 12.2 Å². The Bertz CT molecular complexity index is 462. The molecule has 0 aliphatic rings. The summed E-state index contributed by atoms with van der Waals surface area (Å²) in [5.41, 5.74) is 1.07. The summed E-state index contributed by atoms with van der Waals surface area (Å²) in [6, 6.07) is 9.65. The van der Waals surface area contributed by atoms with Gasteiger partial charge in [0.2, 0.25) is 0 Å². The van der Waals surface area contributed by atoms with Crippen LogP contribution in [0, 0.1) is 0 Å². The summed E-state index contributed by atoms with van der Waals surface area (Å²) in [5.74, 6) is 0.572. The Balaban J connectivity index is 2.10. The zero-order valence-electron chi connectivity index (χ0n) is 8.36. The quantitative estimate of drug-likeness (QED) is 0.909. The van der Waals surface area contributed by atoms with E-state index in [-0.39, 0.29) is 0 Å². The molecule has 0 fully saturated rings. The Kier molecular flexibility index (Phi) is 3.84. The number of benzene rings is 1. The van der Waals surface area contributed by atoms with Crippen LogP contribution in [-0.4, -0.2) is 5.11 Å². The van der Waals surface area contributed by atoms with Gasteiger partial charge < -0.3 is 9.52 Å². The fourth-order valence-corrected chi connectivity index (χ4v) is 2.21. The molecule has 16 heavy (non-hydrogen) atoms. The molecule has 0 radical (unpaired) electrons. The predicted molar refractivity (Wildman–Crippen MR) is 69.2 cm³/mol. The lowest BCUT2D eigenvalue weighted by atomic mass is 10.1. The first-order valence-electron chi connectivity index (χ1n) is 4.82. The molecular weight excluding hydrogens is 336 g/mol. The average molecular weight is 346 g/mol. The lowest BCUT2D eigenvalue weighted by Gasteiger charge is -2.08. The van der Waals surface area contributed by atoms with E-state index in [0.717, 1.165) is 14.5 Å². The number of hydrogen-bond acceptors (Lipinski definition) is 2. The van der Waals surface area contributed by atoms with E-state index < -0.39 is 6.10 Å². The molecule has 0 aliphatic heterocycles. The minimum atomic E-state index is -0.620. The van der Waals surface area contributed by atoms with Gasteiger partial charge in [-0.05, 0) is 39.7 Å². The van der Waals surface area contributed by atoms with Crippen LogP contribution in [-0.2, 0) is 6.42 Å². The Morgan fingerprint density at radius 2 is 1.81 bits per heavy atom. The summed E-state index contributed by atoms with van der Waals surface area (Å²) in [6.07, 6.45) is 1.48. The van der Waals surface area contributed by atoms with Crippen LogP contribution >= 0.6 is 31.9 Å². The van der Waals surface area contributed by atoms with Gasteiger partial charge in [-0.1, -0.05) is 28.1 Å². The molecule has 2 aromatic rings. The number of rotatable bonds is 3. The van der Waals surface area contributed by atoms with Gasteiger partial charge in [0.25, 0.3) is 0 Å². The van der Waals surface area contributed by atoms with Gasteiger partial charge in [-0.15, -0.1) is 0 Å². The standard InChI is InChI=1S/C12H10Br2O2/c13-9-3-1-8(2-4-9)7-11(15)12-10(14)5-6-16-12/h1-6,11,15H,7H2. The maximum Gasteiger partial charge on any atom is 0.146 e. The first kappa shape index (κ1) is 11.9. The average Bonchev–Trinajstić information content (AvgIpc) is 2.68. The van der Waals surface area contributed by atoms with Crippen LogP contribution in [0.3, 0.4) is 0 Å². The molecule has 0 aliphatic carbocycles. The Morgan fingerprint density at radius 1 is 1.12 bits per heavy atom. The van der Waals surface area contributed by atoms with E-state index in [1.807, 2.05) is 24.3 Å². The van der Waals surface area contributed by atoms with E-state index >= 15 is 0 Å². The molecule has 0 saturated heterocycles.